The Labute approximate surface area is 136 Å². The van der Waals surface area contributed by atoms with Crippen LogP contribution in [0.3, 0.4) is 0 Å². The van der Waals surface area contributed by atoms with Gasteiger partial charge in [-0.2, -0.15) is 0 Å². The number of nitrogens with one attached hydrogen (secondary N) is 1. The van der Waals surface area contributed by atoms with Crippen molar-refractivity contribution in [3.63, 3.8) is 0 Å². The Morgan fingerprint density at radius 3 is 2.74 bits per heavy atom. The molecule has 120 valence electrons. The molecule has 6 heteroatoms. The molecule has 0 saturated heterocycles. The predicted octanol–water partition coefficient (Wildman–Crippen LogP) is 1.46. The molecule has 0 unspecified atom stereocenters. The van der Waals surface area contributed by atoms with E-state index >= 15 is 0 Å². The van der Waals surface area contributed by atoms with Crippen LogP contribution >= 0.6 is 0 Å². The molecule has 1 N–H and O–H groups in total. The van der Waals surface area contributed by atoms with Crippen LogP contribution in [0.15, 0.2) is 36.7 Å². The van der Waals surface area contributed by atoms with Gasteiger partial charge in [-0.15, -0.1) is 0 Å². The second kappa shape index (κ2) is 6.75. The Hall–Kier alpha value is -2.47. The lowest BCUT2D eigenvalue weighted by Crippen LogP contribution is -2.31. The zero-order chi connectivity index (χ0) is 16.2. The molecule has 1 aromatic carbocycles. The van der Waals surface area contributed by atoms with Gasteiger partial charge in [0.05, 0.1) is 5.56 Å². The van der Waals surface area contributed by atoms with Crippen molar-refractivity contribution in [1.29, 1.82) is 0 Å². The number of hydrogen-bond donors (Lipinski definition) is 1. The van der Waals surface area contributed by atoms with Gasteiger partial charge in [-0.05, 0) is 32.1 Å². The predicted molar refractivity (Wildman–Crippen MR) is 90.1 cm³/mol. The SMILES string of the molecule is CN(C)CCNC(=O)c1cnc(N2CCc3ccccc32)nc1. The van der Waals surface area contributed by atoms with E-state index in [9.17, 15) is 4.79 Å². The van der Waals surface area contributed by atoms with Gasteiger partial charge >= 0.3 is 0 Å². The van der Waals surface area contributed by atoms with E-state index in [0.29, 0.717) is 18.1 Å². The minimum absolute atomic E-state index is 0.139. The molecule has 0 saturated carbocycles. The number of carbonyl (C=O) groups is 1. The third-order valence-electron chi connectivity index (χ3n) is 3.87. The van der Waals surface area contributed by atoms with Gasteiger partial charge in [0.1, 0.15) is 0 Å². The molecule has 2 aromatic rings. The van der Waals surface area contributed by atoms with Gasteiger partial charge in [0.25, 0.3) is 5.91 Å². The van der Waals surface area contributed by atoms with E-state index in [1.54, 1.807) is 12.4 Å². The van der Waals surface area contributed by atoms with Crippen LogP contribution in [0.5, 0.6) is 0 Å². The fourth-order valence-electron chi connectivity index (χ4n) is 2.62. The third-order valence-corrected chi connectivity index (χ3v) is 3.87. The molecule has 1 aliphatic rings. The van der Waals surface area contributed by atoms with Gasteiger partial charge in [0, 0.05) is 37.7 Å². The van der Waals surface area contributed by atoms with Crippen molar-refractivity contribution in [3.8, 4) is 0 Å². The van der Waals surface area contributed by atoms with Crippen molar-refractivity contribution in [1.82, 2.24) is 20.2 Å². The normalized spacial score (nSPS) is 13.3. The maximum atomic E-state index is 12.0. The Morgan fingerprint density at radius 2 is 2.00 bits per heavy atom. The van der Waals surface area contributed by atoms with Crippen molar-refractivity contribution in [2.75, 3.05) is 38.6 Å². The number of hydrogen-bond acceptors (Lipinski definition) is 5. The second-order valence-corrected chi connectivity index (χ2v) is 5.86. The molecule has 0 radical (unpaired) electrons. The van der Waals surface area contributed by atoms with Crippen LogP contribution in [0.25, 0.3) is 0 Å². The summed E-state index contributed by atoms with van der Waals surface area (Å²) in [7, 11) is 3.94. The molecule has 1 amide bonds. The summed E-state index contributed by atoms with van der Waals surface area (Å²) in [5.41, 5.74) is 2.94. The quantitative estimate of drug-likeness (QED) is 0.906. The van der Waals surface area contributed by atoms with E-state index in [-0.39, 0.29) is 5.91 Å². The van der Waals surface area contributed by atoms with Crippen molar-refractivity contribution in [3.05, 3.63) is 47.8 Å². The number of amides is 1. The monoisotopic (exact) mass is 311 g/mol. The number of benzene rings is 1. The van der Waals surface area contributed by atoms with E-state index in [4.69, 9.17) is 0 Å². The topological polar surface area (TPSA) is 61.4 Å². The number of para-hydroxylation sites is 1. The van der Waals surface area contributed by atoms with Crippen molar-refractivity contribution < 1.29 is 4.79 Å². The van der Waals surface area contributed by atoms with Crippen molar-refractivity contribution >= 4 is 17.5 Å². The number of nitrogens with zero attached hydrogens (tertiary/aromatic N) is 4. The van der Waals surface area contributed by atoms with Crippen LogP contribution in [-0.4, -0.2) is 54.5 Å². The van der Waals surface area contributed by atoms with Crippen molar-refractivity contribution in [2.45, 2.75) is 6.42 Å². The average Bonchev–Trinajstić information content (AvgIpc) is 2.98. The molecule has 2 heterocycles. The summed E-state index contributed by atoms with van der Waals surface area (Å²) >= 11 is 0. The van der Waals surface area contributed by atoms with E-state index < -0.39 is 0 Å². The highest BCUT2D eigenvalue weighted by Gasteiger charge is 2.21. The molecule has 0 atom stereocenters. The van der Waals surface area contributed by atoms with Crippen LogP contribution in [0.1, 0.15) is 15.9 Å². The number of fused-ring (bicyclic) bond motifs is 1. The number of carbonyl (C=O) groups excluding carboxylic acids is 1. The minimum Gasteiger partial charge on any atom is -0.351 e. The fraction of sp³-hybridized carbons (Fsp3) is 0.353. The highest BCUT2D eigenvalue weighted by molar-refractivity contribution is 5.93. The van der Waals surface area contributed by atoms with Crippen LogP contribution in [0.4, 0.5) is 11.6 Å². The first-order valence-electron chi connectivity index (χ1n) is 7.75. The third kappa shape index (κ3) is 3.48. The summed E-state index contributed by atoms with van der Waals surface area (Å²) in [6.07, 6.45) is 4.18. The summed E-state index contributed by atoms with van der Waals surface area (Å²) in [4.78, 5) is 24.9. The lowest BCUT2D eigenvalue weighted by molar-refractivity contribution is 0.0950. The molecule has 23 heavy (non-hydrogen) atoms. The van der Waals surface area contributed by atoms with Crippen LogP contribution in [0.2, 0.25) is 0 Å². The van der Waals surface area contributed by atoms with E-state index in [1.165, 1.54) is 5.56 Å². The van der Waals surface area contributed by atoms with Crippen LogP contribution in [-0.2, 0) is 6.42 Å². The molecule has 1 aliphatic heterocycles. The summed E-state index contributed by atoms with van der Waals surface area (Å²) in [6.45, 7) is 2.27. The molecule has 6 nitrogen and oxygen atoms in total. The lowest BCUT2D eigenvalue weighted by Gasteiger charge is -2.17. The Morgan fingerprint density at radius 1 is 1.26 bits per heavy atom. The van der Waals surface area contributed by atoms with E-state index in [2.05, 4.69) is 32.3 Å². The smallest absolute Gasteiger partial charge is 0.254 e. The summed E-state index contributed by atoms with van der Waals surface area (Å²) in [5, 5.41) is 2.86. The summed E-state index contributed by atoms with van der Waals surface area (Å²) in [5.74, 6) is 0.500. The Kier molecular flexibility index (Phi) is 4.52. The first-order valence-corrected chi connectivity index (χ1v) is 7.75. The first-order chi connectivity index (χ1) is 11.1. The van der Waals surface area contributed by atoms with Gasteiger partial charge in [0.2, 0.25) is 5.95 Å². The Bertz CT molecular complexity index is 684. The number of likely N-dealkylation sites (N-methyl/N-ethyl adjacent to an activating group) is 1. The Balaban J connectivity index is 1.67. The molecule has 0 spiro atoms. The number of anilines is 2. The maximum Gasteiger partial charge on any atom is 0.254 e. The van der Waals surface area contributed by atoms with Gasteiger partial charge in [-0.3, -0.25) is 4.79 Å². The largest absolute Gasteiger partial charge is 0.351 e. The van der Waals surface area contributed by atoms with Gasteiger partial charge in [-0.1, -0.05) is 18.2 Å². The van der Waals surface area contributed by atoms with E-state index in [1.807, 2.05) is 31.1 Å². The minimum atomic E-state index is -0.139. The summed E-state index contributed by atoms with van der Waals surface area (Å²) in [6, 6.07) is 8.27. The average molecular weight is 311 g/mol. The molecule has 0 fully saturated rings. The molecular formula is C17H21N5O. The van der Waals surface area contributed by atoms with Gasteiger partial charge in [0.15, 0.2) is 0 Å². The van der Waals surface area contributed by atoms with Crippen LogP contribution < -0.4 is 10.2 Å². The maximum absolute atomic E-state index is 12.0. The van der Waals surface area contributed by atoms with E-state index in [0.717, 1.165) is 25.2 Å². The lowest BCUT2D eigenvalue weighted by atomic mass is 10.2. The molecular weight excluding hydrogens is 290 g/mol. The zero-order valence-electron chi connectivity index (χ0n) is 13.5. The second-order valence-electron chi connectivity index (χ2n) is 5.86. The molecule has 0 aliphatic carbocycles. The van der Waals surface area contributed by atoms with Crippen LogP contribution in [0, 0.1) is 0 Å². The molecule has 3 rings (SSSR count). The zero-order valence-corrected chi connectivity index (χ0v) is 13.5. The molecule has 1 aromatic heterocycles. The number of rotatable bonds is 5. The van der Waals surface area contributed by atoms with Gasteiger partial charge in [-0.25, -0.2) is 9.97 Å². The van der Waals surface area contributed by atoms with Gasteiger partial charge < -0.3 is 15.1 Å². The first kappa shape index (κ1) is 15.4. The summed E-state index contributed by atoms with van der Waals surface area (Å²) < 4.78 is 0. The highest BCUT2D eigenvalue weighted by Crippen LogP contribution is 2.31. The fourth-order valence-corrected chi connectivity index (χ4v) is 2.62. The number of aromatic nitrogens is 2. The van der Waals surface area contributed by atoms with Crippen molar-refractivity contribution in [2.24, 2.45) is 0 Å². The highest BCUT2D eigenvalue weighted by atomic mass is 16.1. The molecule has 0 bridgehead atoms. The standard InChI is InChI=1S/C17H21N5O/c1-21(2)10-8-18-16(23)14-11-19-17(20-12-14)22-9-7-13-5-3-4-6-15(13)22/h3-6,11-12H,7-10H2,1-2H3,(H,18,23).